The molecule has 1 amide bonds. The number of ether oxygens (including phenoxy) is 1. The second-order valence-electron chi connectivity index (χ2n) is 5.58. The molecule has 0 atom stereocenters. The van der Waals surface area contributed by atoms with Crippen LogP contribution in [0.3, 0.4) is 0 Å². The van der Waals surface area contributed by atoms with E-state index < -0.39 is 0 Å². The zero-order chi connectivity index (χ0) is 16.9. The molecular weight excluding hydrogens is 294 g/mol. The van der Waals surface area contributed by atoms with E-state index >= 15 is 0 Å². The van der Waals surface area contributed by atoms with Gasteiger partial charge in [-0.05, 0) is 26.2 Å². The number of nitrogens with zero attached hydrogens (tertiary/aromatic N) is 2. The maximum absolute atomic E-state index is 11.6. The zero-order valence-electron chi connectivity index (χ0n) is 13.9. The fraction of sp³-hybridized carbons (Fsp3) is 0.588. The van der Waals surface area contributed by atoms with Crippen molar-refractivity contribution in [2.24, 2.45) is 0 Å². The van der Waals surface area contributed by atoms with Crippen molar-refractivity contribution in [1.82, 2.24) is 14.9 Å². The summed E-state index contributed by atoms with van der Waals surface area (Å²) in [6.45, 7) is 6.93. The highest BCUT2D eigenvalue weighted by Gasteiger charge is 2.03. The molecule has 1 aromatic rings. The second kappa shape index (κ2) is 11.5. The lowest BCUT2D eigenvalue weighted by atomic mass is 10.1. The second-order valence-corrected chi connectivity index (χ2v) is 5.58. The van der Waals surface area contributed by atoms with Crippen LogP contribution >= 0.6 is 0 Å². The summed E-state index contributed by atoms with van der Waals surface area (Å²) in [4.78, 5) is 26.7. The summed E-state index contributed by atoms with van der Waals surface area (Å²) >= 11 is 0. The fourth-order valence-corrected chi connectivity index (χ4v) is 2.03. The Morgan fingerprint density at radius 2 is 2.00 bits per heavy atom. The van der Waals surface area contributed by atoms with Crippen LogP contribution in [0.1, 0.15) is 45.4 Å². The van der Waals surface area contributed by atoms with Gasteiger partial charge in [-0.15, -0.1) is 0 Å². The van der Waals surface area contributed by atoms with Gasteiger partial charge in [0.15, 0.2) is 0 Å². The smallest absolute Gasteiger partial charge is 0.333 e. The molecule has 0 saturated heterocycles. The molecule has 1 rings (SSSR count). The van der Waals surface area contributed by atoms with Gasteiger partial charge in [0.2, 0.25) is 5.91 Å². The van der Waals surface area contributed by atoms with Gasteiger partial charge in [-0.25, -0.2) is 9.78 Å². The molecule has 6 heteroatoms. The van der Waals surface area contributed by atoms with E-state index in [1.807, 2.05) is 12.5 Å². The van der Waals surface area contributed by atoms with Crippen molar-refractivity contribution in [2.45, 2.75) is 52.0 Å². The first kappa shape index (κ1) is 18.9. The molecule has 0 spiro atoms. The predicted octanol–water partition coefficient (Wildman–Crippen LogP) is 2.46. The number of hydrogen-bond acceptors (Lipinski definition) is 4. The highest BCUT2D eigenvalue weighted by atomic mass is 16.5. The van der Waals surface area contributed by atoms with Crippen LogP contribution in [0.15, 0.2) is 30.9 Å². The molecule has 0 aliphatic rings. The number of aryl methyl sites for hydroxylation is 1. The van der Waals surface area contributed by atoms with Crippen LogP contribution in [-0.4, -0.2) is 34.6 Å². The number of nitrogens with one attached hydrogen (secondary N) is 1. The Morgan fingerprint density at radius 1 is 1.22 bits per heavy atom. The minimum absolute atomic E-state index is 0.0610. The number of carbonyl (C=O) groups excluding carboxylic acids is 2. The van der Waals surface area contributed by atoms with Crippen molar-refractivity contribution in [3.8, 4) is 0 Å². The topological polar surface area (TPSA) is 73.2 Å². The number of hydrogen-bond donors (Lipinski definition) is 1. The minimum atomic E-state index is -0.382. The van der Waals surface area contributed by atoms with E-state index in [1.54, 1.807) is 13.1 Å². The van der Waals surface area contributed by atoms with Crippen molar-refractivity contribution < 1.29 is 14.3 Å². The molecule has 0 radical (unpaired) electrons. The van der Waals surface area contributed by atoms with E-state index in [4.69, 9.17) is 4.74 Å². The molecule has 1 heterocycles. The monoisotopic (exact) mass is 321 g/mol. The lowest BCUT2D eigenvalue weighted by Crippen LogP contribution is -2.25. The molecule has 0 aromatic carbocycles. The summed E-state index contributed by atoms with van der Waals surface area (Å²) in [5.74, 6) is -0.321. The molecule has 0 aliphatic carbocycles. The van der Waals surface area contributed by atoms with E-state index in [0.29, 0.717) is 31.6 Å². The Labute approximate surface area is 137 Å². The summed E-state index contributed by atoms with van der Waals surface area (Å²) in [7, 11) is 0. The first-order chi connectivity index (χ1) is 11.1. The van der Waals surface area contributed by atoms with Gasteiger partial charge >= 0.3 is 5.97 Å². The summed E-state index contributed by atoms with van der Waals surface area (Å²) in [6, 6.07) is 0. The van der Waals surface area contributed by atoms with Crippen LogP contribution in [0, 0.1) is 0 Å². The number of imidazole rings is 1. The zero-order valence-corrected chi connectivity index (χ0v) is 13.9. The maximum atomic E-state index is 11.6. The number of carbonyl (C=O) groups is 2. The number of unbranched alkanes of at least 4 members (excludes halogenated alkanes) is 3. The number of esters is 1. The predicted molar refractivity (Wildman–Crippen MR) is 88.7 cm³/mol. The van der Waals surface area contributed by atoms with Crippen molar-refractivity contribution in [2.75, 3.05) is 13.2 Å². The SMILES string of the molecule is C=C(C)C(=O)OCCCNC(=O)CCCCCCn1ccnc1. The summed E-state index contributed by atoms with van der Waals surface area (Å²) < 4.78 is 7.01. The Morgan fingerprint density at radius 3 is 2.70 bits per heavy atom. The molecular formula is C17H27N3O3. The van der Waals surface area contributed by atoms with Crippen molar-refractivity contribution in [3.05, 3.63) is 30.9 Å². The highest BCUT2D eigenvalue weighted by Crippen LogP contribution is 2.04. The van der Waals surface area contributed by atoms with Crippen molar-refractivity contribution >= 4 is 11.9 Å². The molecule has 1 aromatic heterocycles. The Balaban J connectivity index is 1.88. The third-order valence-corrected chi connectivity index (χ3v) is 3.35. The van der Waals surface area contributed by atoms with Crippen LogP contribution in [0.4, 0.5) is 0 Å². The Hall–Kier alpha value is -2.11. The van der Waals surface area contributed by atoms with Crippen LogP contribution in [-0.2, 0) is 20.9 Å². The van der Waals surface area contributed by atoms with Gasteiger partial charge in [0.25, 0.3) is 0 Å². The van der Waals surface area contributed by atoms with Gasteiger partial charge in [-0.1, -0.05) is 19.4 Å². The molecule has 128 valence electrons. The van der Waals surface area contributed by atoms with E-state index in [2.05, 4.69) is 21.4 Å². The number of aromatic nitrogens is 2. The first-order valence-corrected chi connectivity index (χ1v) is 8.14. The van der Waals surface area contributed by atoms with Gasteiger partial charge in [-0.2, -0.15) is 0 Å². The number of amides is 1. The van der Waals surface area contributed by atoms with Gasteiger partial charge in [0, 0.05) is 37.5 Å². The van der Waals surface area contributed by atoms with Gasteiger partial charge < -0.3 is 14.6 Å². The Bertz CT molecular complexity index is 483. The third kappa shape index (κ3) is 9.50. The van der Waals surface area contributed by atoms with E-state index in [9.17, 15) is 9.59 Å². The summed E-state index contributed by atoms with van der Waals surface area (Å²) in [5.41, 5.74) is 0.391. The Kier molecular flexibility index (Phi) is 9.43. The average molecular weight is 321 g/mol. The summed E-state index contributed by atoms with van der Waals surface area (Å²) in [6.07, 6.45) is 10.9. The molecule has 0 unspecified atom stereocenters. The lowest BCUT2D eigenvalue weighted by molar-refractivity contribution is -0.138. The standard InChI is InChI=1S/C17H27N3O3/c1-15(2)17(22)23-13-7-9-19-16(21)8-5-3-4-6-11-20-12-10-18-14-20/h10,12,14H,1,3-9,11,13H2,2H3,(H,19,21). The molecule has 23 heavy (non-hydrogen) atoms. The van der Waals surface area contributed by atoms with Crippen molar-refractivity contribution in [1.29, 1.82) is 0 Å². The molecule has 0 saturated carbocycles. The molecule has 0 fully saturated rings. The minimum Gasteiger partial charge on any atom is -0.462 e. The summed E-state index contributed by atoms with van der Waals surface area (Å²) in [5, 5.41) is 2.83. The van der Waals surface area contributed by atoms with Gasteiger partial charge in [-0.3, -0.25) is 4.79 Å². The fourth-order valence-electron chi connectivity index (χ4n) is 2.03. The normalized spacial score (nSPS) is 10.3. The molecule has 1 N–H and O–H groups in total. The first-order valence-electron chi connectivity index (χ1n) is 8.14. The lowest BCUT2D eigenvalue weighted by Gasteiger charge is -2.06. The molecule has 6 nitrogen and oxygen atoms in total. The average Bonchev–Trinajstić information content (AvgIpc) is 3.03. The van der Waals surface area contributed by atoms with Crippen LogP contribution in [0.5, 0.6) is 0 Å². The van der Waals surface area contributed by atoms with Crippen LogP contribution < -0.4 is 5.32 Å². The largest absolute Gasteiger partial charge is 0.462 e. The van der Waals surface area contributed by atoms with Crippen LogP contribution in [0.2, 0.25) is 0 Å². The maximum Gasteiger partial charge on any atom is 0.333 e. The molecule has 0 bridgehead atoms. The van der Waals surface area contributed by atoms with E-state index in [-0.39, 0.29) is 11.9 Å². The van der Waals surface area contributed by atoms with Gasteiger partial charge in [0.05, 0.1) is 12.9 Å². The van der Waals surface area contributed by atoms with Crippen molar-refractivity contribution in [3.63, 3.8) is 0 Å². The quantitative estimate of drug-likeness (QED) is 0.365. The van der Waals surface area contributed by atoms with Crippen LogP contribution in [0.25, 0.3) is 0 Å². The van der Waals surface area contributed by atoms with E-state index in [0.717, 1.165) is 32.2 Å². The molecule has 0 aliphatic heterocycles. The van der Waals surface area contributed by atoms with E-state index in [1.165, 1.54) is 0 Å². The van der Waals surface area contributed by atoms with Gasteiger partial charge in [0.1, 0.15) is 0 Å². The number of rotatable bonds is 12. The third-order valence-electron chi connectivity index (χ3n) is 3.35. The highest BCUT2D eigenvalue weighted by molar-refractivity contribution is 5.86.